The molecule has 0 aliphatic carbocycles. The summed E-state index contributed by atoms with van der Waals surface area (Å²) in [5.74, 6) is -1.58. The van der Waals surface area contributed by atoms with Crippen molar-refractivity contribution in [1.82, 2.24) is 0 Å². The van der Waals surface area contributed by atoms with Crippen molar-refractivity contribution in [2.75, 3.05) is 26.4 Å². The van der Waals surface area contributed by atoms with Gasteiger partial charge in [0.05, 0.1) is 19.8 Å². The maximum absolute atomic E-state index is 12.9. The molecule has 0 amide bonds. The zero-order valence-corrected chi connectivity index (χ0v) is 51.1. The van der Waals surface area contributed by atoms with Crippen LogP contribution in [0.2, 0.25) is 0 Å². The normalized spacial score (nSPS) is 14.2. The van der Waals surface area contributed by atoms with Gasteiger partial charge in [0.2, 0.25) is 0 Å². The number of ether oxygens (including phenoxy) is 3. The first-order chi connectivity index (χ1) is 39.2. The average molecular weight is 1140 g/mol. The van der Waals surface area contributed by atoms with Crippen LogP contribution in [0.5, 0.6) is 0 Å². The first-order valence-corrected chi connectivity index (χ1v) is 32.6. The lowest BCUT2D eigenvalue weighted by molar-refractivity contribution is -0.161. The Bertz CT molecular complexity index is 1850. The Balaban J connectivity index is 4.82. The third-order valence-electron chi connectivity index (χ3n) is 12.5. The summed E-state index contributed by atoms with van der Waals surface area (Å²) in [6.45, 7) is 4.30. The van der Waals surface area contributed by atoms with E-state index in [0.29, 0.717) is 25.7 Å². The van der Waals surface area contributed by atoms with Gasteiger partial charge in [-0.1, -0.05) is 225 Å². The highest BCUT2D eigenvalue weighted by Crippen LogP contribution is 2.43. The number of hydrogen-bond acceptors (Lipinski definition) is 10. The van der Waals surface area contributed by atoms with Crippen molar-refractivity contribution in [3.8, 4) is 0 Å². The molecule has 0 saturated carbocycles. The van der Waals surface area contributed by atoms with E-state index in [4.69, 9.17) is 23.3 Å². The van der Waals surface area contributed by atoms with E-state index in [2.05, 4.69) is 142 Å². The Hall–Kier alpha value is -4.38. The molecule has 0 aromatic heterocycles. The lowest BCUT2D eigenvalue weighted by Crippen LogP contribution is -2.30. The SMILES string of the molecule is CC/C=C\C/C=C\C/C=C\C/C=C\C/C=C\CCCC(=O)OC(COC(=O)CCCCCCCCCCC/C=C\C/C=C\CCCCC)COP(=O)(O)OCC(CO)OC(=O)CCCCCC/C=C\C/C=C\C/C=C\C/C=C\CC. The van der Waals surface area contributed by atoms with Crippen LogP contribution in [0.25, 0.3) is 0 Å². The van der Waals surface area contributed by atoms with E-state index in [1.807, 2.05) is 12.2 Å². The number of aliphatic hydroxyl groups is 1. The molecule has 2 N–H and O–H groups in total. The van der Waals surface area contributed by atoms with Gasteiger partial charge in [0.1, 0.15) is 12.7 Å². The molecule has 0 spiro atoms. The van der Waals surface area contributed by atoms with Crippen LogP contribution in [0.4, 0.5) is 0 Å². The second-order valence-corrected chi connectivity index (χ2v) is 21.6. The standard InChI is InChI=1S/C68H111O11P/c1-4-7-10-13-16-19-22-25-28-31-32-35-36-39-42-45-48-51-54-57-66(70)75-61-65(79-68(72)59-56-53-50-47-44-41-38-34-30-27-24-21-18-15-12-9-6-3)63-77-80(73,74)76-62-64(60-69)78-67(71)58-55-52-49-46-43-40-37-33-29-26-23-20-17-14-11-8-5-2/h8-9,11-12,16-21,25-30,37-38,40-41,47,50,64-65,69H,4-7,10,13-15,22-24,31-36,39,42-46,48-49,51-63H2,1-3H3,(H,73,74)/b11-8-,12-9-,19-16-,20-17-,21-18-,28-25-,29-26-,30-27-,40-37-,41-38-,50-47-. The zero-order valence-electron chi connectivity index (χ0n) is 50.2. The smallest absolute Gasteiger partial charge is 0.462 e. The molecular weight excluding hydrogens is 1020 g/mol. The third kappa shape index (κ3) is 58.3. The first-order valence-electron chi connectivity index (χ1n) is 31.1. The van der Waals surface area contributed by atoms with E-state index in [-0.39, 0.29) is 25.9 Å². The summed E-state index contributed by atoms with van der Waals surface area (Å²) in [5, 5.41) is 9.84. The Kier molecular flexibility index (Phi) is 57.4. The van der Waals surface area contributed by atoms with Gasteiger partial charge in [-0.15, -0.1) is 0 Å². The van der Waals surface area contributed by atoms with Crippen molar-refractivity contribution in [2.45, 2.75) is 251 Å². The number of rotatable bonds is 56. The monoisotopic (exact) mass is 1130 g/mol. The van der Waals surface area contributed by atoms with Gasteiger partial charge in [0, 0.05) is 19.3 Å². The number of allylic oxidation sites excluding steroid dienone is 22. The van der Waals surface area contributed by atoms with Crippen molar-refractivity contribution in [3.63, 3.8) is 0 Å². The van der Waals surface area contributed by atoms with Crippen LogP contribution in [-0.2, 0) is 42.2 Å². The van der Waals surface area contributed by atoms with Crippen LogP contribution in [0, 0.1) is 0 Å². The number of hydrogen-bond donors (Lipinski definition) is 2. The largest absolute Gasteiger partial charge is 0.472 e. The predicted octanol–water partition coefficient (Wildman–Crippen LogP) is 18.9. The molecule has 12 heteroatoms. The van der Waals surface area contributed by atoms with E-state index in [1.54, 1.807) is 0 Å². The summed E-state index contributed by atoms with van der Waals surface area (Å²) in [5.41, 5.74) is 0. The van der Waals surface area contributed by atoms with Gasteiger partial charge < -0.3 is 24.2 Å². The molecule has 0 radical (unpaired) electrons. The summed E-state index contributed by atoms with van der Waals surface area (Å²) in [7, 11) is -4.78. The Morgan fingerprint density at radius 1 is 0.362 bits per heavy atom. The number of unbranched alkanes of at least 4 members (excludes halogenated alkanes) is 17. The van der Waals surface area contributed by atoms with E-state index < -0.39 is 57.8 Å². The molecule has 11 nitrogen and oxygen atoms in total. The van der Waals surface area contributed by atoms with Gasteiger partial charge in [-0.05, 0) is 128 Å². The summed E-state index contributed by atoms with van der Waals surface area (Å²) in [4.78, 5) is 48.7. The van der Waals surface area contributed by atoms with Crippen LogP contribution in [0.15, 0.2) is 134 Å². The number of carbonyl (C=O) groups is 3. The van der Waals surface area contributed by atoms with Gasteiger partial charge in [-0.3, -0.25) is 23.4 Å². The zero-order chi connectivity index (χ0) is 58.3. The summed E-state index contributed by atoms with van der Waals surface area (Å²) in [6.07, 6.45) is 76.9. The minimum Gasteiger partial charge on any atom is -0.462 e. The molecule has 0 aliphatic heterocycles. The summed E-state index contributed by atoms with van der Waals surface area (Å²) >= 11 is 0. The third-order valence-corrected chi connectivity index (χ3v) is 13.5. The summed E-state index contributed by atoms with van der Waals surface area (Å²) < 4.78 is 39.6. The van der Waals surface area contributed by atoms with Gasteiger partial charge >= 0.3 is 25.7 Å². The highest BCUT2D eigenvalue weighted by molar-refractivity contribution is 7.47. The van der Waals surface area contributed by atoms with Crippen molar-refractivity contribution in [1.29, 1.82) is 0 Å². The Morgan fingerprint density at radius 3 is 1.05 bits per heavy atom. The molecule has 0 saturated heterocycles. The molecule has 3 unspecified atom stereocenters. The van der Waals surface area contributed by atoms with Crippen molar-refractivity contribution >= 4 is 25.7 Å². The van der Waals surface area contributed by atoms with Gasteiger partial charge in [-0.25, -0.2) is 4.57 Å². The van der Waals surface area contributed by atoms with Crippen molar-refractivity contribution < 1.29 is 52.2 Å². The Morgan fingerprint density at radius 2 is 0.662 bits per heavy atom. The molecule has 0 heterocycles. The molecule has 3 atom stereocenters. The van der Waals surface area contributed by atoms with E-state index >= 15 is 0 Å². The van der Waals surface area contributed by atoms with Crippen LogP contribution in [-0.4, -0.2) is 66.5 Å². The number of esters is 3. The fourth-order valence-electron chi connectivity index (χ4n) is 7.88. The quantitative estimate of drug-likeness (QED) is 0.0197. The van der Waals surface area contributed by atoms with Crippen molar-refractivity contribution in [3.05, 3.63) is 134 Å². The van der Waals surface area contributed by atoms with Crippen LogP contribution in [0.1, 0.15) is 239 Å². The maximum Gasteiger partial charge on any atom is 0.472 e. The molecule has 0 aromatic rings. The lowest BCUT2D eigenvalue weighted by atomic mass is 10.1. The van der Waals surface area contributed by atoms with E-state index in [9.17, 15) is 28.9 Å². The van der Waals surface area contributed by atoms with E-state index in [0.717, 1.165) is 116 Å². The minimum absolute atomic E-state index is 0.0797. The summed E-state index contributed by atoms with van der Waals surface area (Å²) in [6, 6.07) is 0. The van der Waals surface area contributed by atoms with Crippen molar-refractivity contribution in [2.24, 2.45) is 0 Å². The average Bonchev–Trinajstić information content (AvgIpc) is 3.45. The number of phosphoric ester groups is 1. The van der Waals surface area contributed by atoms with Crippen LogP contribution in [0.3, 0.4) is 0 Å². The highest BCUT2D eigenvalue weighted by Gasteiger charge is 2.28. The molecule has 0 rings (SSSR count). The second kappa shape index (κ2) is 60.7. The molecular formula is C68H111O11P. The van der Waals surface area contributed by atoms with Gasteiger partial charge in [-0.2, -0.15) is 0 Å². The van der Waals surface area contributed by atoms with Gasteiger partial charge in [0.15, 0.2) is 6.10 Å². The lowest BCUT2D eigenvalue weighted by Gasteiger charge is -2.21. The topological polar surface area (TPSA) is 155 Å². The molecule has 0 aliphatic rings. The second-order valence-electron chi connectivity index (χ2n) is 20.1. The first kappa shape index (κ1) is 75.6. The fraction of sp³-hybridized carbons (Fsp3) is 0.632. The van der Waals surface area contributed by atoms with Crippen LogP contribution >= 0.6 is 7.82 Å². The molecule has 0 aromatic carbocycles. The molecule has 0 bridgehead atoms. The predicted molar refractivity (Wildman–Crippen MR) is 334 cm³/mol. The fourth-order valence-corrected chi connectivity index (χ4v) is 8.67. The Labute approximate surface area is 487 Å². The minimum atomic E-state index is -4.78. The molecule has 454 valence electrons. The highest BCUT2D eigenvalue weighted by atomic mass is 31.2. The van der Waals surface area contributed by atoms with E-state index in [1.165, 1.54) is 57.8 Å². The number of aliphatic hydroxyl groups excluding tert-OH is 1. The number of phosphoric acid groups is 1. The number of carbonyl (C=O) groups excluding carboxylic acids is 3. The van der Waals surface area contributed by atoms with Crippen LogP contribution < -0.4 is 0 Å². The molecule has 80 heavy (non-hydrogen) atoms. The molecule has 0 fully saturated rings. The van der Waals surface area contributed by atoms with Gasteiger partial charge in [0.25, 0.3) is 0 Å². The maximum atomic E-state index is 12.9.